The fourth-order valence-corrected chi connectivity index (χ4v) is 4.77. The van der Waals surface area contributed by atoms with E-state index in [0.29, 0.717) is 10.0 Å². The molecule has 3 N–H and O–H groups in total. The zero-order valence-corrected chi connectivity index (χ0v) is 16.4. The number of H-pyrrole nitrogens is 1. The van der Waals surface area contributed by atoms with Crippen LogP contribution in [0.3, 0.4) is 0 Å². The lowest BCUT2D eigenvalue weighted by molar-refractivity contribution is 0.474. The Hall–Kier alpha value is -2.46. The number of hydrogen-bond acceptors (Lipinski definition) is 2. The van der Waals surface area contributed by atoms with Crippen molar-refractivity contribution in [3.05, 3.63) is 99.2 Å². The van der Waals surface area contributed by atoms with Gasteiger partial charge in [0.2, 0.25) is 0 Å². The molecule has 28 heavy (non-hydrogen) atoms. The Kier molecular flexibility index (Phi) is 4.31. The third-order valence-electron chi connectivity index (χ3n) is 5.50. The highest BCUT2D eigenvalue weighted by Crippen LogP contribution is 2.43. The lowest BCUT2D eigenvalue weighted by Crippen LogP contribution is -2.34. The molecule has 5 rings (SSSR count). The number of fused-ring (bicyclic) bond motifs is 3. The molecule has 1 aliphatic rings. The summed E-state index contributed by atoms with van der Waals surface area (Å²) < 4.78 is 0. The average molecular weight is 409 g/mol. The molecule has 2 atom stereocenters. The maximum absolute atomic E-state index is 9.65. The Bertz CT molecular complexity index is 1170. The van der Waals surface area contributed by atoms with Gasteiger partial charge >= 0.3 is 0 Å². The van der Waals surface area contributed by atoms with Crippen LogP contribution in [-0.4, -0.2) is 16.6 Å². The number of halogens is 2. The zero-order valence-electron chi connectivity index (χ0n) is 14.9. The number of aromatic hydroxyl groups is 1. The molecule has 0 bridgehead atoms. The monoisotopic (exact) mass is 408 g/mol. The summed E-state index contributed by atoms with van der Waals surface area (Å²) in [5.74, 6) is 0.381. The Morgan fingerprint density at radius 3 is 2.50 bits per heavy atom. The largest absolute Gasteiger partial charge is 0.508 e. The van der Waals surface area contributed by atoms with Gasteiger partial charge in [0.05, 0.1) is 6.04 Å². The molecule has 3 aromatic carbocycles. The number of rotatable bonds is 2. The van der Waals surface area contributed by atoms with Crippen molar-refractivity contribution in [2.24, 2.45) is 0 Å². The number of phenols is 1. The Balaban J connectivity index is 1.71. The van der Waals surface area contributed by atoms with Crippen molar-refractivity contribution in [2.45, 2.75) is 12.0 Å². The van der Waals surface area contributed by atoms with Crippen LogP contribution in [-0.2, 0) is 0 Å². The van der Waals surface area contributed by atoms with Crippen molar-refractivity contribution in [1.82, 2.24) is 10.3 Å². The number of nitrogens with one attached hydrogen (secondary N) is 2. The minimum absolute atomic E-state index is 0.0188. The SMILES string of the molecule is Oc1ccc(C2NCC(c3ccc(Cl)cc3Cl)c3c2[nH]c2ccccc32)cc1. The third kappa shape index (κ3) is 2.87. The summed E-state index contributed by atoms with van der Waals surface area (Å²) >= 11 is 12.7. The number of aromatic nitrogens is 1. The lowest BCUT2D eigenvalue weighted by atomic mass is 9.83. The summed E-state index contributed by atoms with van der Waals surface area (Å²) in [5.41, 5.74) is 5.67. The molecule has 5 heteroatoms. The van der Waals surface area contributed by atoms with E-state index in [1.54, 1.807) is 18.2 Å². The molecule has 3 nitrogen and oxygen atoms in total. The quantitative estimate of drug-likeness (QED) is 0.380. The van der Waals surface area contributed by atoms with Gasteiger partial charge in [-0.3, -0.25) is 0 Å². The Labute approximate surface area is 172 Å². The first-order chi connectivity index (χ1) is 13.6. The molecule has 4 aromatic rings. The van der Waals surface area contributed by atoms with Crippen LogP contribution in [0.5, 0.6) is 5.75 Å². The molecule has 1 aliphatic heterocycles. The number of phenolic OH excluding ortho intramolecular Hbond substituents is 1. The predicted octanol–water partition coefficient (Wildman–Crippen LogP) is 6.00. The van der Waals surface area contributed by atoms with E-state index in [-0.39, 0.29) is 17.7 Å². The summed E-state index contributed by atoms with van der Waals surface area (Å²) in [7, 11) is 0. The van der Waals surface area contributed by atoms with Gasteiger partial charge in [0.25, 0.3) is 0 Å². The van der Waals surface area contributed by atoms with Crippen molar-refractivity contribution in [3.8, 4) is 5.75 Å². The second-order valence-corrected chi connectivity index (χ2v) is 7.99. The van der Waals surface area contributed by atoms with Crippen LogP contribution in [0.2, 0.25) is 10.0 Å². The molecule has 1 aromatic heterocycles. The fraction of sp³-hybridized carbons (Fsp3) is 0.130. The van der Waals surface area contributed by atoms with Gasteiger partial charge in [-0.25, -0.2) is 0 Å². The van der Waals surface area contributed by atoms with E-state index in [9.17, 15) is 5.11 Å². The second kappa shape index (κ2) is 6.85. The number of para-hydroxylation sites is 1. The molecule has 0 radical (unpaired) electrons. The summed E-state index contributed by atoms with van der Waals surface area (Å²) in [5, 5.41) is 15.8. The summed E-state index contributed by atoms with van der Waals surface area (Å²) in [6, 6.07) is 21.4. The highest BCUT2D eigenvalue weighted by molar-refractivity contribution is 6.35. The first kappa shape index (κ1) is 17.6. The Morgan fingerprint density at radius 1 is 0.929 bits per heavy atom. The van der Waals surface area contributed by atoms with E-state index in [1.807, 2.05) is 30.3 Å². The zero-order chi connectivity index (χ0) is 19.3. The maximum Gasteiger partial charge on any atom is 0.115 e. The molecule has 0 saturated heterocycles. The molecule has 2 heterocycles. The molecule has 0 fully saturated rings. The second-order valence-electron chi connectivity index (χ2n) is 7.15. The van der Waals surface area contributed by atoms with E-state index >= 15 is 0 Å². The molecular weight excluding hydrogens is 391 g/mol. The fourth-order valence-electron chi connectivity index (χ4n) is 4.23. The predicted molar refractivity (Wildman–Crippen MR) is 115 cm³/mol. The van der Waals surface area contributed by atoms with Crippen molar-refractivity contribution in [1.29, 1.82) is 0 Å². The first-order valence-electron chi connectivity index (χ1n) is 9.19. The molecule has 0 saturated carbocycles. The number of benzene rings is 3. The van der Waals surface area contributed by atoms with Crippen LogP contribution < -0.4 is 5.32 Å². The minimum Gasteiger partial charge on any atom is -0.508 e. The molecular formula is C23H18Cl2N2O. The normalized spacial score (nSPS) is 18.9. The maximum atomic E-state index is 9.65. The molecule has 0 aliphatic carbocycles. The van der Waals surface area contributed by atoms with Crippen molar-refractivity contribution < 1.29 is 5.11 Å². The van der Waals surface area contributed by atoms with Crippen molar-refractivity contribution in [3.63, 3.8) is 0 Å². The first-order valence-corrected chi connectivity index (χ1v) is 9.95. The van der Waals surface area contributed by atoms with Gasteiger partial charge in [0, 0.05) is 39.1 Å². The number of aromatic amines is 1. The van der Waals surface area contributed by atoms with Crippen LogP contribution in [0, 0.1) is 0 Å². The smallest absolute Gasteiger partial charge is 0.115 e. The van der Waals surface area contributed by atoms with Gasteiger partial charge in [0.15, 0.2) is 0 Å². The van der Waals surface area contributed by atoms with Gasteiger partial charge in [-0.1, -0.05) is 59.6 Å². The topological polar surface area (TPSA) is 48.0 Å². The highest BCUT2D eigenvalue weighted by Gasteiger charge is 2.33. The van der Waals surface area contributed by atoms with E-state index in [2.05, 4.69) is 28.5 Å². The van der Waals surface area contributed by atoms with Crippen LogP contribution in [0.1, 0.15) is 34.3 Å². The lowest BCUT2D eigenvalue weighted by Gasteiger charge is -2.32. The standard InChI is InChI=1S/C23H18Cl2N2O/c24-14-7-10-16(19(25)11-14)18-12-26-22(13-5-8-15(28)9-6-13)23-21(18)17-3-1-2-4-20(17)27-23/h1-11,18,22,26-28H,12H2. The van der Waals surface area contributed by atoms with Crippen molar-refractivity contribution in [2.75, 3.05) is 6.54 Å². The molecule has 140 valence electrons. The molecule has 0 amide bonds. The van der Waals surface area contributed by atoms with Gasteiger partial charge in [-0.2, -0.15) is 0 Å². The van der Waals surface area contributed by atoms with E-state index in [1.165, 1.54) is 10.9 Å². The van der Waals surface area contributed by atoms with Gasteiger partial charge in [0.1, 0.15) is 5.75 Å². The van der Waals surface area contributed by atoms with Gasteiger partial charge in [-0.15, -0.1) is 0 Å². The van der Waals surface area contributed by atoms with Crippen molar-refractivity contribution >= 4 is 34.1 Å². The molecule has 2 unspecified atom stereocenters. The highest BCUT2D eigenvalue weighted by atomic mass is 35.5. The van der Waals surface area contributed by atoms with Crippen LogP contribution in [0.4, 0.5) is 0 Å². The summed E-state index contributed by atoms with van der Waals surface area (Å²) in [4.78, 5) is 3.62. The van der Waals surface area contributed by atoms with Gasteiger partial charge < -0.3 is 15.4 Å². The van der Waals surface area contributed by atoms with E-state index in [0.717, 1.165) is 28.9 Å². The average Bonchev–Trinajstić information content (AvgIpc) is 3.08. The molecule has 0 spiro atoms. The third-order valence-corrected chi connectivity index (χ3v) is 6.07. The van der Waals surface area contributed by atoms with Crippen LogP contribution in [0.25, 0.3) is 10.9 Å². The van der Waals surface area contributed by atoms with E-state index in [4.69, 9.17) is 23.2 Å². The van der Waals surface area contributed by atoms with Crippen LogP contribution in [0.15, 0.2) is 66.7 Å². The minimum atomic E-state index is 0.0188. The number of hydrogen-bond donors (Lipinski definition) is 3. The summed E-state index contributed by atoms with van der Waals surface area (Å²) in [6.07, 6.45) is 0. The van der Waals surface area contributed by atoms with Gasteiger partial charge in [-0.05, 0) is 47.0 Å². The summed E-state index contributed by atoms with van der Waals surface area (Å²) in [6.45, 7) is 0.752. The van der Waals surface area contributed by atoms with Crippen LogP contribution >= 0.6 is 23.2 Å². The Morgan fingerprint density at radius 2 is 1.71 bits per heavy atom. The van der Waals surface area contributed by atoms with E-state index < -0.39 is 0 Å².